The monoisotopic (exact) mass is 416 g/mol. The van der Waals surface area contributed by atoms with Crippen molar-refractivity contribution in [3.05, 3.63) is 53.1 Å². The molecule has 1 aliphatic rings. The Labute approximate surface area is 176 Å². The number of anilines is 2. The van der Waals surface area contributed by atoms with Gasteiger partial charge in [0.1, 0.15) is 0 Å². The summed E-state index contributed by atoms with van der Waals surface area (Å²) in [5, 5.41) is 3.50. The van der Waals surface area contributed by atoms with Gasteiger partial charge in [-0.3, -0.25) is 4.79 Å². The van der Waals surface area contributed by atoms with Crippen molar-refractivity contribution in [1.82, 2.24) is 0 Å². The lowest BCUT2D eigenvalue weighted by Gasteiger charge is -2.30. The van der Waals surface area contributed by atoms with Gasteiger partial charge in [0.15, 0.2) is 11.5 Å². The van der Waals surface area contributed by atoms with E-state index in [4.69, 9.17) is 25.8 Å². The Morgan fingerprint density at radius 2 is 2.00 bits per heavy atom. The molecule has 0 unspecified atom stereocenters. The van der Waals surface area contributed by atoms with Gasteiger partial charge in [0.25, 0.3) is 0 Å². The maximum atomic E-state index is 12.5. The van der Waals surface area contributed by atoms with E-state index in [0.29, 0.717) is 42.0 Å². The SMILES string of the molecule is CCOc1ccc(/C=C/C(=O)Nc2cc(Cl)ccc2N2CCOCC2)cc1OC. The van der Waals surface area contributed by atoms with Gasteiger partial charge in [0, 0.05) is 24.2 Å². The van der Waals surface area contributed by atoms with Gasteiger partial charge in [-0.15, -0.1) is 0 Å². The Kier molecular flexibility index (Phi) is 7.38. The molecule has 2 aromatic carbocycles. The molecule has 0 atom stereocenters. The minimum Gasteiger partial charge on any atom is -0.493 e. The number of hydrogen-bond donors (Lipinski definition) is 1. The van der Waals surface area contributed by atoms with Crippen LogP contribution >= 0.6 is 11.6 Å². The number of ether oxygens (including phenoxy) is 3. The molecular formula is C22H25ClN2O4. The molecule has 1 N–H and O–H groups in total. The number of rotatable bonds is 7. The Balaban J connectivity index is 1.73. The molecule has 6 nitrogen and oxygen atoms in total. The lowest BCUT2D eigenvalue weighted by molar-refractivity contribution is -0.111. The van der Waals surface area contributed by atoms with Crippen LogP contribution in [0.2, 0.25) is 5.02 Å². The van der Waals surface area contributed by atoms with Gasteiger partial charge >= 0.3 is 0 Å². The minimum atomic E-state index is -0.241. The van der Waals surface area contributed by atoms with E-state index in [1.807, 2.05) is 37.3 Å². The number of benzene rings is 2. The van der Waals surface area contributed by atoms with E-state index in [2.05, 4.69) is 10.2 Å². The number of carbonyl (C=O) groups is 1. The van der Waals surface area contributed by atoms with Crippen molar-refractivity contribution in [3.8, 4) is 11.5 Å². The van der Waals surface area contributed by atoms with E-state index in [9.17, 15) is 4.79 Å². The summed E-state index contributed by atoms with van der Waals surface area (Å²) >= 11 is 6.15. The Morgan fingerprint density at radius 1 is 1.21 bits per heavy atom. The smallest absolute Gasteiger partial charge is 0.248 e. The standard InChI is InChI=1S/C22H25ClN2O4/c1-3-29-20-8-4-16(14-21(20)27-2)5-9-22(26)24-18-15-17(23)6-7-19(18)25-10-12-28-13-11-25/h4-9,14-15H,3,10-13H2,1-2H3,(H,24,26)/b9-5+. The molecule has 0 bridgehead atoms. The largest absolute Gasteiger partial charge is 0.493 e. The maximum absolute atomic E-state index is 12.5. The second-order valence-electron chi connectivity index (χ2n) is 6.43. The summed E-state index contributed by atoms with van der Waals surface area (Å²) in [5.74, 6) is 1.05. The van der Waals surface area contributed by atoms with Gasteiger partial charge in [0.2, 0.25) is 5.91 Å². The summed E-state index contributed by atoms with van der Waals surface area (Å²) in [5.41, 5.74) is 2.44. The van der Waals surface area contributed by atoms with E-state index in [-0.39, 0.29) is 5.91 Å². The molecule has 0 spiro atoms. The Morgan fingerprint density at radius 3 is 2.72 bits per heavy atom. The van der Waals surface area contributed by atoms with Crippen LogP contribution in [0.15, 0.2) is 42.5 Å². The van der Waals surface area contributed by atoms with E-state index >= 15 is 0 Å². The zero-order valence-corrected chi connectivity index (χ0v) is 17.4. The van der Waals surface area contributed by atoms with Gasteiger partial charge in [-0.2, -0.15) is 0 Å². The van der Waals surface area contributed by atoms with Crippen LogP contribution in [0.3, 0.4) is 0 Å². The summed E-state index contributed by atoms with van der Waals surface area (Å²) in [6.07, 6.45) is 3.21. The Hall–Kier alpha value is -2.70. The molecule has 1 aliphatic heterocycles. The second-order valence-corrected chi connectivity index (χ2v) is 6.86. The molecule has 29 heavy (non-hydrogen) atoms. The van der Waals surface area contributed by atoms with Crippen molar-refractivity contribution in [3.63, 3.8) is 0 Å². The van der Waals surface area contributed by atoms with Crippen LogP contribution in [0.1, 0.15) is 12.5 Å². The third-order valence-corrected chi connectivity index (χ3v) is 4.72. The predicted octanol–water partition coefficient (Wildman–Crippen LogP) is 4.24. The highest BCUT2D eigenvalue weighted by molar-refractivity contribution is 6.31. The molecule has 1 amide bonds. The molecule has 1 fully saturated rings. The van der Waals surface area contributed by atoms with Crippen molar-refractivity contribution >= 4 is 35.0 Å². The van der Waals surface area contributed by atoms with Crippen LogP contribution < -0.4 is 19.7 Å². The molecule has 0 radical (unpaired) electrons. The average Bonchev–Trinajstić information content (AvgIpc) is 2.74. The van der Waals surface area contributed by atoms with Crippen molar-refractivity contribution in [2.24, 2.45) is 0 Å². The lowest BCUT2D eigenvalue weighted by atomic mass is 10.2. The number of morpholine rings is 1. The third kappa shape index (κ3) is 5.65. The first-order chi connectivity index (χ1) is 14.1. The number of methoxy groups -OCH3 is 1. The van der Waals surface area contributed by atoms with Crippen LogP contribution in [-0.2, 0) is 9.53 Å². The molecule has 154 valence electrons. The van der Waals surface area contributed by atoms with Gasteiger partial charge in [-0.25, -0.2) is 0 Å². The van der Waals surface area contributed by atoms with Gasteiger partial charge in [-0.05, 0) is 48.9 Å². The average molecular weight is 417 g/mol. The number of hydrogen-bond acceptors (Lipinski definition) is 5. The summed E-state index contributed by atoms with van der Waals surface area (Å²) in [7, 11) is 1.59. The number of carbonyl (C=O) groups excluding carboxylic acids is 1. The number of halogens is 1. The van der Waals surface area contributed by atoms with Gasteiger partial charge in [0.05, 0.1) is 38.3 Å². The zero-order chi connectivity index (χ0) is 20.6. The van der Waals surface area contributed by atoms with E-state index in [1.54, 1.807) is 19.3 Å². The van der Waals surface area contributed by atoms with Crippen molar-refractivity contribution < 1.29 is 19.0 Å². The Bertz CT molecular complexity index is 879. The van der Waals surface area contributed by atoms with E-state index in [0.717, 1.165) is 24.3 Å². The summed E-state index contributed by atoms with van der Waals surface area (Å²) in [6, 6.07) is 11.0. The molecule has 7 heteroatoms. The zero-order valence-electron chi connectivity index (χ0n) is 16.6. The number of nitrogens with zero attached hydrogens (tertiary/aromatic N) is 1. The fourth-order valence-electron chi connectivity index (χ4n) is 3.10. The summed E-state index contributed by atoms with van der Waals surface area (Å²) in [6.45, 7) is 5.33. The second kappa shape index (κ2) is 10.2. The van der Waals surface area contributed by atoms with Crippen LogP contribution in [-0.4, -0.2) is 45.9 Å². The van der Waals surface area contributed by atoms with Crippen molar-refractivity contribution in [2.75, 3.05) is 50.2 Å². The van der Waals surface area contributed by atoms with Crippen LogP contribution in [0.25, 0.3) is 6.08 Å². The van der Waals surface area contributed by atoms with Crippen LogP contribution in [0.5, 0.6) is 11.5 Å². The normalized spacial score (nSPS) is 14.1. The molecule has 1 heterocycles. The highest BCUT2D eigenvalue weighted by atomic mass is 35.5. The minimum absolute atomic E-state index is 0.241. The van der Waals surface area contributed by atoms with Gasteiger partial charge in [-0.1, -0.05) is 17.7 Å². The van der Waals surface area contributed by atoms with Gasteiger partial charge < -0.3 is 24.4 Å². The van der Waals surface area contributed by atoms with Crippen LogP contribution in [0.4, 0.5) is 11.4 Å². The number of nitrogens with one attached hydrogen (secondary N) is 1. The molecule has 1 saturated heterocycles. The first kappa shape index (κ1) is 21.0. The first-order valence-corrected chi connectivity index (χ1v) is 9.90. The maximum Gasteiger partial charge on any atom is 0.248 e. The van der Waals surface area contributed by atoms with Crippen molar-refractivity contribution in [2.45, 2.75) is 6.92 Å². The summed E-state index contributed by atoms with van der Waals surface area (Å²) in [4.78, 5) is 14.7. The fraction of sp³-hybridized carbons (Fsp3) is 0.318. The van der Waals surface area contributed by atoms with E-state index in [1.165, 1.54) is 6.08 Å². The highest BCUT2D eigenvalue weighted by Crippen LogP contribution is 2.30. The third-order valence-electron chi connectivity index (χ3n) is 4.48. The highest BCUT2D eigenvalue weighted by Gasteiger charge is 2.16. The fourth-order valence-corrected chi connectivity index (χ4v) is 3.27. The van der Waals surface area contributed by atoms with E-state index < -0.39 is 0 Å². The lowest BCUT2D eigenvalue weighted by Crippen LogP contribution is -2.36. The van der Waals surface area contributed by atoms with Crippen molar-refractivity contribution in [1.29, 1.82) is 0 Å². The molecule has 0 aromatic heterocycles. The predicted molar refractivity (Wildman–Crippen MR) is 116 cm³/mol. The molecular weight excluding hydrogens is 392 g/mol. The molecule has 0 aliphatic carbocycles. The summed E-state index contributed by atoms with van der Waals surface area (Å²) < 4.78 is 16.3. The van der Waals surface area contributed by atoms with Crippen LogP contribution in [0, 0.1) is 0 Å². The first-order valence-electron chi connectivity index (χ1n) is 9.53. The topological polar surface area (TPSA) is 60.0 Å². The molecule has 0 saturated carbocycles. The molecule has 3 rings (SSSR count). The molecule has 2 aromatic rings. The number of amides is 1. The quantitative estimate of drug-likeness (QED) is 0.684.